The van der Waals surface area contributed by atoms with Gasteiger partial charge in [0.1, 0.15) is 0 Å². The Morgan fingerprint density at radius 1 is 1.36 bits per heavy atom. The lowest BCUT2D eigenvalue weighted by atomic mass is 10.2. The van der Waals surface area contributed by atoms with Crippen LogP contribution in [0.25, 0.3) is 5.69 Å². The minimum atomic E-state index is -3.72. The van der Waals surface area contributed by atoms with Crippen LogP contribution in [0.15, 0.2) is 41.6 Å². The van der Waals surface area contributed by atoms with Gasteiger partial charge in [-0.3, -0.25) is 4.79 Å². The summed E-state index contributed by atoms with van der Waals surface area (Å²) in [4.78, 5) is 13.9. The monoisotopic (exact) mass is 362 g/mol. The van der Waals surface area contributed by atoms with Gasteiger partial charge in [-0.15, -0.1) is 0 Å². The van der Waals surface area contributed by atoms with E-state index < -0.39 is 16.1 Å². The summed E-state index contributed by atoms with van der Waals surface area (Å²) in [7, 11) is -3.72. The fourth-order valence-electron chi connectivity index (χ4n) is 3.06. The topological polar surface area (TPSA) is 84.3 Å². The van der Waals surface area contributed by atoms with Crippen molar-refractivity contribution in [2.24, 2.45) is 0 Å². The average molecular weight is 362 g/mol. The van der Waals surface area contributed by atoms with Gasteiger partial charge in [0, 0.05) is 37.9 Å². The molecule has 1 aliphatic heterocycles. The zero-order valence-corrected chi connectivity index (χ0v) is 15.2. The summed E-state index contributed by atoms with van der Waals surface area (Å²) in [5, 5.41) is 4.13. The number of aromatic nitrogens is 2. The van der Waals surface area contributed by atoms with E-state index in [9.17, 15) is 13.2 Å². The van der Waals surface area contributed by atoms with Crippen LogP contribution in [0, 0.1) is 6.92 Å². The van der Waals surface area contributed by atoms with Crippen LogP contribution in [-0.4, -0.2) is 48.1 Å². The minimum Gasteiger partial charge on any atom is -0.341 e. The van der Waals surface area contributed by atoms with Gasteiger partial charge in [-0.05, 0) is 37.1 Å². The van der Waals surface area contributed by atoms with Crippen LogP contribution in [0.3, 0.4) is 0 Å². The Hall–Kier alpha value is -2.19. The van der Waals surface area contributed by atoms with Crippen molar-refractivity contribution in [2.75, 3.05) is 13.1 Å². The molecule has 2 aromatic rings. The lowest BCUT2D eigenvalue weighted by Gasteiger charge is -2.17. The molecule has 0 bridgehead atoms. The maximum absolute atomic E-state index is 12.8. The number of sulfonamides is 1. The van der Waals surface area contributed by atoms with Gasteiger partial charge in [0.15, 0.2) is 0 Å². The molecular formula is C17H22N4O3S. The molecule has 1 unspecified atom stereocenters. The maximum atomic E-state index is 12.8. The Labute approximate surface area is 147 Å². The second-order valence-electron chi connectivity index (χ2n) is 6.26. The molecule has 0 radical (unpaired) electrons. The number of rotatable bonds is 6. The van der Waals surface area contributed by atoms with Crippen molar-refractivity contribution >= 4 is 15.9 Å². The normalized spacial score (nSPS) is 18.1. The van der Waals surface area contributed by atoms with Crippen molar-refractivity contribution in [3.8, 4) is 5.69 Å². The van der Waals surface area contributed by atoms with E-state index in [0.717, 1.165) is 6.42 Å². The van der Waals surface area contributed by atoms with E-state index in [1.54, 1.807) is 47.1 Å². The summed E-state index contributed by atoms with van der Waals surface area (Å²) in [5.41, 5.74) is 1.32. The average Bonchev–Trinajstić information content (AvgIpc) is 3.18. The number of likely N-dealkylation sites (tertiary alicyclic amines) is 1. The van der Waals surface area contributed by atoms with E-state index in [1.165, 1.54) is 0 Å². The number of amides is 1. The molecule has 2 heterocycles. The van der Waals surface area contributed by atoms with Crippen LogP contribution in [0.5, 0.6) is 0 Å². The second kappa shape index (κ2) is 6.97. The molecule has 1 fully saturated rings. The number of nitrogens with zero attached hydrogens (tertiary/aromatic N) is 3. The third-order valence-corrected chi connectivity index (χ3v) is 5.92. The summed E-state index contributed by atoms with van der Waals surface area (Å²) < 4.78 is 30.0. The van der Waals surface area contributed by atoms with E-state index in [0.29, 0.717) is 24.3 Å². The number of nitrogens with one attached hydrogen (secondary N) is 1. The highest BCUT2D eigenvalue weighted by Gasteiger charge is 2.32. The van der Waals surface area contributed by atoms with Crippen LogP contribution in [-0.2, 0) is 14.8 Å². The molecule has 8 heteroatoms. The standard InChI is InChI=1S/C17H22N4O3S/c1-3-8-20-12-14(10-17(20)22)19-25(23,24)16-11-15(6-5-13(16)2)21-9-4-7-18-21/h4-7,9,11,14,19H,3,8,10,12H2,1-2H3. The van der Waals surface area contributed by atoms with Gasteiger partial charge in [0.2, 0.25) is 15.9 Å². The number of hydrogen-bond donors (Lipinski definition) is 1. The Morgan fingerprint density at radius 2 is 2.16 bits per heavy atom. The fraction of sp³-hybridized carbons (Fsp3) is 0.412. The van der Waals surface area contributed by atoms with Crippen LogP contribution in [0.4, 0.5) is 0 Å². The Kier molecular flexibility index (Phi) is 4.91. The highest BCUT2D eigenvalue weighted by Crippen LogP contribution is 2.21. The maximum Gasteiger partial charge on any atom is 0.241 e. The molecule has 1 aliphatic rings. The zero-order valence-electron chi connectivity index (χ0n) is 14.3. The van der Waals surface area contributed by atoms with E-state index in [1.807, 2.05) is 13.0 Å². The molecule has 0 saturated carbocycles. The lowest BCUT2D eigenvalue weighted by molar-refractivity contribution is -0.127. The summed E-state index contributed by atoms with van der Waals surface area (Å²) in [5.74, 6) is -0.00318. The third-order valence-electron chi connectivity index (χ3n) is 4.26. The summed E-state index contributed by atoms with van der Waals surface area (Å²) in [6.45, 7) is 4.83. The van der Waals surface area contributed by atoms with Gasteiger partial charge in [-0.2, -0.15) is 5.10 Å². The van der Waals surface area contributed by atoms with E-state index in [-0.39, 0.29) is 17.2 Å². The first-order chi connectivity index (χ1) is 11.9. The van der Waals surface area contributed by atoms with Gasteiger partial charge < -0.3 is 4.90 Å². The van der Waals surface area contributed by atoms with Crippen molar-refractivity contribution in [2.45, 2.75) is 37.6 Å². The van der Waals surface area contributed by atoms with Crippen molar-refractivity contribution < 1.29 is 13.2 Å². The van der Waals surface area contributed by atoms with Crippen molar-refractivity contribution in [1.82, 2.24) is 19.4 Å². The fourth-order valence-corrected chi connectivity index (χ4v) is 4.55. The van der Waals surface area contributed by atoms with E-state index in [4.69, 9.17) is 0 Å². The van der Waals surface area contributed by atoms with Crippen molar-refractivity contribution in [1.29, 1.82) is 0 Å². The number of benzene rings is 1. The highest BCUT2D eigenvalue weighted by molar-refractivity contribution is 7.89. The molecule has 1 aromatic heterocycles. The Morgan fingerprint density at radius 3 is 2.84 bits per heavy atom. The van der Waals surface area contributed by atoms with E-state index in [2.05, 4.69) is 9.82 Å². The van der Waals surface area contributed by atoms with Gasteiger partial charge in [-0.1, -0.05) is 13.0 Å². The molecule has 1 amide bonds. The predicted octanol–water partition coefficient (Wildman–Crippen LogP) is 1.47. The van der Waals surface area contributed by atoms with Crippen molar-refractivity contribution in [3.63, 3.8) is 0 Å². The van der Waals surface area contributed by atoms with Gasteiger partial charge >= 0.3 is 0 Å². The largest absolute Gasteiger partial charge is 0.341 e. The van der Waals surface area contributed by atoms with Gasteiger partial charge in [-0.25, -0.2) is 17.8 Å². The quantitative estimate of drug-likeness (QED) is 0.843. The molecule has 1 aromatic carbocycles. The first-order valence-electron chi connectivity index (χ1n) is 8.31. The number of carbonyl (C=O) groups is 1. The summed E-state index contributed by atoms with van der Waals surface area (Å²) >= 11 is 0. The first kappa shape index (κ1) is 17.6. The van der Waals surface area contributed by atoms with Crippen LogP contribution in [0.2, 0.25) is 0 Å². The number of aryl methyl sites for hydroxylation is 1. The van der Waals surface area contributed by atoms with Gasteiger partial charge in [0.25, 0.3) is 0 Å². The van der Waals surface area contributed by atoms with Crippen LogP contribution >= 0.6 is 0 Å². The lowest BCUT2D eigenvalue weighted by Crippen LogP contribution is -2.37. The predicted molar refractivity (Wildman–Crippen MR) is 93.9 cm³/mol. The smallest absolute Gasteiger partial charge is 0.241 e. The summed E-state index contributed by atoms with van der Waals surface area (Å²) in [6, 6.07) is 6.57. The molecule has 25 heavy (non-hydrogen) atoms. The molecule has 0 aliphatic carbocycles. The Bertz CT molecular complexity index is 862. The van der Waals surface area contributed by atoms with Gasteiger partial charge in [0.05, 0.1) is 10.6 Å². The highest BCUT2D eigenvalue weighted by atomic mass is 32.2. The third kappa shape index (κ3) is 3.74. The summed E-state index contributed by atoms with van der Waals surface area (Å²) in [6.07, 6.45) is 4.46. The number of carbonyl (C=O) groups excluding carboxylic acids is 1. The second-order valence-corrected chi connectivity index (χ2v) is 7.94. The number of hydrogen-bond acceptors (Lipinski definition) is 4. The van der Waals surface area contributed by atoms with Crippen LogP contribution < -0.4 is 4.72 Å². The first-order valence-corrected chi connectivity index (χ1v) is 9.80. The van der Waals surface area contributed by atoms with Crippen molar-refractivity contribution in [3.05, 3.63) is 42.2 Å². The minimum absolute atomic E-state index is 0.00318. The molecule has 1 saturated heterocycles. The molecule has 1 atom stereocenters. The molecule has 0 spiro atoms. The SMILES string of the molecule is CCCN1CC(NS(=O)(=O)c2cc(-n3cccn3)ccc2C)CC1=O. The molecular weight excluding hydrogens is 340 g/mol. The molecule has 3 rings (SSSR count). The Balaban J connectivity index is 1.83. The van der Waals surface area contributed by atoms with E-state index >= 15 is 0 Å². The zero-order chi connectivity index (χ0) is 18.0. The van der Waals surface area contributed by atoms with Crippen LogP contribution in [0.1, 0.15) is 25.3 Å². The molecule has 1 N–H and O–H groups in total. The molecule has 7 nitrogen and oxygen atoms in total. The molecule has 134 valence electrons.